The van der Waals surface area contributed by atoms with E-state index in [-0.39, 0.29) is 10.0 Å². The van der Waals surface area contributed by atoms with Gasteiger partial charge in [0.15, 0.2) is 0 Å². The first kappa shape index (κ1) is 14.9. The van der Waals surface area contributed by atoms with Crippen LogP contribution in [0.25, 0.3) is 0 Å². The molecule has 0 aromatic rings. The minimum absolute atomic E-state index is 0.160. The van der Waals surface area contributed by atoms with Crippen LogP contribution in [-0.4, -0.2) is 23.2 Å². The SMILES string of the molecule is CCCOC(Br)CCC(Br)OCCC. The van der Waals surface area contributed by atoms with Crippen molar-refractivity contribution in [3.8, 4) is 0 Å². The molecule has 0 aliphatic carbocycles. The first-order chi connectivity index (χ1) is 6.70. The summed E-state index contributed by atoms with van der Waals surface area (Å²) >= 11 is 6.95. The van der Waals surface area contributed by atoms with Crippen molar-refractivity contribution in [2.75, 3.05) is 13.2 Å². The molecule has 0 heterocycles. The number of halogens is 2. The van der Waals surface area contributed by atoms with E-state index in [1.807, 2.05) is 0 Å². The van der Waals surface area contributed by atoms with Crippen molar-refractivity contribution in [1.82, 2.24) is 0 Å². The van der Waals surface area contributed by atoms with Gasteiger partial charge in [0.1, 0.15) is 10.0 Å². The van der Waals surface area contributed by atoms with E-state index in [1.165, 1.54) is 0 Å². The Kier molecular flexibility index (Phi) is 11.1. The van der Waals surface area contributed by atoms with Crippen LogP contribution in [-0.2, 0) is 9.47 Å². The van der Waals surface area contributed by atoms with E-state index in [0.29, 0.717) is 0 Å². The molecule has 0 fully saturated rings. The largest absolute Gasteiger partial charge is 0.367 e. The summed E-state index contributed by atoms with van der Waals surface area (Å²) in [6.45, 7) is 5.85. The van der Waals surface area contributed by atoms with Gasteiger partial charge in [0.2, 0.25) is 0 Å². The highest BCUT2D eigenvalue weighted by Gasteiger charge is 2.08. The lowest BCUT2D eigenvalue weighted by atomic mass is 10.3. The van der Waals surface area contributed by atoms with E-state index in [0.717, 1.165) is 38.9 Å². The summed E-state index contributed by atoms with van der Waals surface area (Å²) in [7, 11) is 0. The van der Waals surface area contributed by atoms with Gasteiger partial charge in [-0.2, -0.15) is 0 Å². The Morgan fingerprint density at radius 2 is 1.21 bits per heavy atom. The normalized spacial score (nSPS) is 15.4. The maximum absolute atomic E-state index is 5.49. The van der Waals surface area contributed by atoms with Gasteiger partial charge in [0, 0.05) is 13.2 Å². The number of alkyl halides is 2. The van der Waals surface area contributed by atoms with Gasteiger partial charge in [0.25, 0.3) is 0 Å². The fraction of sp³-hybridized carbons (Fsp3) is 1.00. The van der Waals surface area contributed by atoms with Crippen LogP contribution < -0.4 is 0 Å². The van der Waals surface area contributed by atoms with Gasteiger partial charge >= 0.3 is 0 Å². The molecule has 0 N–H and O–H groups in total. The molecule has 0 aromatic carbocycles. The van der Waals surface area contributed by atoms with Crippen molar-refractivity contribution in [2.45, 2.75) is 49.6 Å². The van der Waals surface area contributed by atoms with Crippen molar-refractivity contribution in [2.24, 2.45) is 0 Å². The van der Waals surface area contributed by atoms with Crippen molar-refractivity contribution in [1.29, 1.82) is 0 Å². The lowest BCUT2D eigenvalue weighted by molar-refractivity contribution is 0.0809. The first-order valence-electron chi connectivity index (χ1n) is 5.22. The molecule has 0 radical (unpaired) electrons. The molecule has 4 heteroatoms. The Labute approximate surface area is 104 Å². The second-order valence-electron chi connectivity index (χ2n) is 3.14. The predicted molar refractivity (Wildman–Crippen MR) is 67.2 cm³/mol. The van der Waals surface area contributed by atoms with E-state index in [2.05, 4.69) is 45.7 Å². The molecule has 0 bridgehead atoms. The van der Waals surface area contributed by atoms with Gasteiger partial charge in [-0.1, -0.05) is 45.7 Å². The summed E-state index contributed by atoms with van der Waals surface area (Å²) < 4.78 is 11.0. The van der Waals surface area contributed by atoms with Gasteiger partial charge in [-0.25, -0.2) is 0 Å². The third-order valence-corrected chi connectivity index (χ3v) is 3.07. The maximum Gasteiger partial charge on any atom is 0.112 e. The smallest absolute Gasteiger partial charge is 0.112 e. The molecule has 0 rings (SSSR count). The Morgan fingerprint density at radius 3 is 1.50 bits per heavy atom. The van der Waals surface area contributed by atoms with Crippen LogP contribution >= 0.6 is 31.9 Å². The van der Waals surface area contributed by atoms with E-state index in [9.17, 15) is 0 Å². The van der Waals surface area contributed by atoms with Crippen molar-refractivity contribution < 1.29 is 9.47 Å². The fourth-order valence-electron chi connectivity index (χ4n) is 0.920. The Bertz CT molecular complexity index is 109. The average molecular weight is 332 g/mol. The number of hydrogen-bond acceptors (Lipinski definition) is 2. The quantitative estimate of drug-likeness (QED) is 0.593. The summed E-state index contributed by atoms with van der Waals surface area (Å²) in [5, 5.41) is 0.320. The molecule has 86 valence electrons. The summed E-state index contributed by atoms with van der Waals surface area (Å²) in [5.41, 5.74) is 0. The lowest BCUT2D eigenvalue weighted by Crippen LogP contribution is -2.11. The van der Waals surface area contributed by atoms with Gasteiger partial charge in [-0.15, -0.1) is 0 Å². The molecule has 2 nitrogen and oxygen atoms in total. The Morgan fingerprint density at radius 1 is 0.857 bits per heavy atom. The minimum atomic E-state index is 0.160. The van der Waals surface area contributed by atoms with Crippen LogP contribution in [0.2, 0.25) is 0 Å². The standard InChI is InChI=1S/C10H20Br2O2/c1-3-7-13-9(11)5-6-10(12)14-8-4-2/h9-10H,3-8H2,1-2H3. The van der Waals surface area contributed by atoms with Gasteiger partial charge in [0.05, 0.1) is 0 Å². The molecule has 0 aromatic heterocycles. The van der Waals surface area contributed by atoms with E-state index >= 15 is 0 Å². The molecule has 2 unspecified atom stereocenters. The molecular formula is C10H20Br2O2. The topological polar surface area (TPSA) is 18.5 Å². The first-order valence-corrected chi connectivity index (χ1v) is 7.05. The molecule has 14 heavy (non-hydrogen) atoms. The van der Waals surface area contributed by atoms with Crippen LogP contribution in [0.15, 0.2) is 0 Å². The number of rotatable bonds is 9. The monoisotopic (exact) mass is 330 g/mol. The van der Waals surface area contributed by atoms with E-state index in [1.54, 1.807) is 0 Å². The van der Waals surface area contributed by atoms with Crippen LogP contribution in [0.5, 0.6) is 0 Å². The molecular weight excluding hydrogens is 312 g/mol. The summed E-state index contributed by atoms with van der Waals surface area (Å²) in [6.07, 6.45) is 4.07. The third kappa shape index (κ3) is 9.44. The van der Waals surface area contributed by atoms with Crippen molar-refractivity contribution in [3.05, 3.63) is 0 Å². The summed E-state index contributed by atoms with van der Waals surface area (Å²) in [4.78, 5) is 0. The second-order valence-corrected chi connectivity index (χ2v) is 5.18. The molecule has 0 amide bonds. The molecule has 0 aliphatic heterocycles. The molecule has 0 saturated carbocycles. The Hall–Kier alpha value is 0.880. The summed E-state index contributed by atoms with van der Waals surface area (Å²) in [5.74, 6) is 0. The molecule has 0 saturated heterocycles. The fourth-order valence-corrected chi connectivity index (χ4v) is 1.82. The highest BCUT2D eigenvalue weighted by atomic mass is 79.9. The van der Waals surface area contributed by atoms with Crippen molar-refractivity contribution >= 4 is 31.9 Å². The lowest BCUT2D eigenvalue weighted by Gasteiger charge is -2.14. The zero-order valence-corrected chi connectivity index (χ0v) is 12.1. The van der Waals surface area contributed by atoms with Crippen LogP contribution in [0.4, 0.5) is 0 Å². The number of hydrogen-bond donors (Lipinski definition) is 0. The zero-order valence-electron chi connectivity index (χ0n) is 8.97. The van der Waals surface area contributed by atoms with Crippen LogP contribution in [0.1, 0.15) is 39.5 Å². The Balaban J connectivity index is 3.31. The second kappa shape index (κ2) is 10.4. The van der Waals surface area contributed by atoms with Gasteiger partial charge < -0.3 is 9.47 Å². The van der Waals surface area contributed by atoms with Gasteiger partial charge in [-0.05, 0) is 25.7 Å². The predicted octanol–water partition coefficient (Wildman–Crippen LogP) is 4.06. The maximum atomic E-state index is 5.49. The van der Waals surface area contributed by atoms with Crippen molar-refractivity contribution in [3.63, 3.8) is 0 Å². The molecule has 0 aliphatic rings. The third-order valence-electron chi connectivity index (χ3n) is 1.63. The average Bonchev–Trinajstić information content (AvgIpc) is 2.20. The zero-order chi connectivity index (χ0) is 10.8. The summed E-state index contributed by atoms with van der Waals surface area (Å²) in [6, 6.07) is 0. The van der Waals surface area contributed by atoms with Crippen LogP contribution in [0, 0.1) is 0 Å². The van der Waals surface area contributed by atoms with E-state index < -0.39 is 0 Å². The van der Waals surface area contributed by atoms with Gasteiger partial charge in [-0.3, -0.25) is 0 Å². The highest BCUT2D eigenvalue weighted by molar-refractivity contribution is 9.09. The van der Waals surface area contributed by atoms with Crippen LogP contribution in [0.3, 0.4) is 0 Å². The molecule has 0 spiro atoms. The highest BCUT2D eigenvalue weighted by Crippen LogP contribution is 2.16. The molecule has 2 atom stereocenters. The number of ether oxygens (including phenoxy) is 2. The van der Waals surface area contributed by atoms with E-state index in [4.69, 9.17) is 9.47 Å². The minimum Gasteiger partial charge on any atom is -0.367 e.